The molecule has 0 bridgehead atoms. The van der Waals surface area contributed by atoms with Gasteiger partial charge in [0.25, 0.3) is 0 Å². The molecule has 0 aliphatic carbocycles. The SMILES string of the molecule is N#Cc1ccc(CC(=O)Cc2c(-c3ccccc3F)ccc3cncn23)cc1. The third-order valence-electron chi connectivity index (χ3n) is 4.70. The largest absolute Gasteiger partial charge is 0.302 e. The van der Waals surface area contributed by atoms with Crippen molar-refractivity contribution in [1.29, 1.82) is 5.26 Å². The Hall–Kier alpha value is -3.78. The minimum atomic E-state index is -0.331. The van der Waals surface area contributed by atoms with Gasteiger partial charge in [0, 0.05) is 29.7 Å². The molecule has 5 heteroatoms. The van der Waals surface area contributed by atoms with Gasteiger partial charge in [-0.15, -0.1) is 0 Å². The zero-order chi connectivity index (χ0) is 19.5. The van der Waals surface area contributed by atoms with Crippen molar-refractivity contribution in [1.82, 2.24) is 9.38 Å². The molecule has 4 nitrogen and oxygen atoms in total. The maximum Gasteiger partial charge on any atom is 0.143 e. The van der Waals surface area contributed by atoms with E-state index < -0.39 is 0 Å². The molecular formula is C23H16FN3O. The summed E-state index contributed by atoms with van der Waals surface area (Å²) in [7, 11) is 0. The molecule has 0 spiro atoms. The van der Waals surface area contributed by atoms with Crippen LogP contribution in [-0.2, 0) is 17.6 Å². The van der Waals surface area contributed by atoms with Crippen molar-refractivity contribution in [2.45, 2.75) is 12.8 Å². The van der Waals surface area contributed by atoms with Gasteiger partial charge in [-0.1, -0.05) is 36.4 Å². The minimum absolute atomic E-state index is 0.00324. The van der Waals surface area contributed by atoms with Crippen molar-refractivity contribution < 1.29 is 9.18 Å². The Morgan fingerprint density at radius 2 is 1.79 bits per heavy atom. The van der Waals surface area contributed by atoms with E-state index in [4.69, 9.17) is 5.26 Å². The Morgan fingerprint density at radius 1 is 1.00 bits per heavy atom. The lowest BCUT2D eigenvalue weighted by Gasteiger charge is -2.13. The first-order valence-electron chi connectivity index (χ1n) is 8.85. The van der Waals surface area contributed by atoms with E-state index >= 15 is 0 Å². The van der Waals surface area contributed by atoms with Gasteiger partial charge in [0.15, 0.2) is 0 Å². The number of Topliss-reactive ketones (excluding diaryl/α,β-unsaturated/α-hetero) is 1. The lowest BCUT2D eigenvalue weighted by Crippen LogP contribution is -2.11. The lowest BCUT2D eigenvalue weighted by atomic mass is 9.97. The van der Waals surface area contributed by atoms with E-state index in [1.165, 1.54) is 6.07 Å². The molecule has 28 heavy (non-hydrogen) atoms. The van der Waals surface area contributed by atoms with Crippen LogP contribution in [0.2, 0.25) is 0 Å². The number of hydrogen-bond donors (Lipinski definition) is 0. The van der Waals surface area contributed by atoms with Crippen molar-refractivity contribution in [3.05, 3.63) is 95.8 Å². The molecule has 0 amide bonds. The summed E-state index contributed by atoms with van der Waals surface area (Å²) in [5, 5.41) is 8.89. The lowest BCUT2D eigenvalue weighted by molar-refractivity contribution is -0.117. The zero-order valence-corrected chi connectivity index (χ0v) is 15.0. The summed E-state index contributed by atoms with van der Waals surface area (Å²) in [5.41, 5.74) is 4.09. The summed E-state index contributed by atoms with van der Waals surface area (Å²) in [6.45, 7) is 0. The van der Waals surface area contributed by atoms with E-state index in [0.29, 0.717) is 22.4 Å². The van der Waals surface area contributed by atoms with Crippen LogP contribution in [0.5, 0.6) is 0 Å². The summed E-state index contributed by atoms with van der Waals surface area (Å²) < 4.78 is 16.2. The fourth-order valence-electron chi connectivity index (χ4n) is 3.33. The Balaban J connectivity index is 1.69. The Bertz CT molecular complexity index is 1200. The van der Waals surface area contributed by atoms with Crippen LogP contribution in [0.3, 0.4) is 0 Å². The maximum absolute atomic E-state index is 14.4. The van der Waals surface area contributed by atoms with Crippen LogP contribution in [0.15, 0.2) is 73.2 Å². The van der Waals surface area contributed by atoms with Gasteiger partial charge in [-0.05, 0) is 29.8 Å². The topological polar surface area (TPSA) is 58.2 Å². The number of carbonyl (C=O) groups is 1. The minimum Gasteiger partial charge on any atom is -0.302 e. The van der Waals surface area contributed by atoms with Gasteiger partial charge in [-0.2, -0.15) is 5.26 Å². The first-order valence-corrected chi connectivity index (χ1v) is 8.85. The number of carbonyl (C=O) groups excluding carboxylic acids is 1. The third-order valence-corrected chi connectivity index (χ3v) is 4.70. The number of hydrogen-bond acceptors (Lipinski definition) is 3. The van der Waals surface area contributed by atoms with E-state index in [1.807, 2.05) is 16.5 Å². The number of benzene rings is 2. The number of halogens is 1. The maximum atomic E-state index is 14.4. The van der Waals surface area contributed by atoms with Gasteiger partial charge in [0.05, 0.1) is 29.7 Å². The Kier molecular flexibility index (Phi) is 4.69. The van der Waals surface area contributed by atoms with E-state index in [0.717, 1.165) is 11.1 Å². The number of aromatic nitrogens is 2. The predicted molar refractivity (Wildman–Crippen MR) is 104 cm³/mol. The molecule has 0 fully saturated rings. The molecular weight excluding hydrogens is 353 g/mol. The van der Waals surface area contributed by atoms with Crippen molar-refractivity contribution in [2.75, 3.05) is 0 Å². The molecule has 0 unspecified atom stereocenters. The number of nitriles is 1. The highest BCUT2D eigenvalue weighted by atomic mass is 19.1. The first kappa shape index (κ1) is 17.6. The standard InChI is InChI=1S/C23H16FN3O/c24-22-4-2-1-3-20(22)21-10-9-18-14-26-15-27(18)23(21)12-19(28)11-16-5-7-17(13-25)8-6-16/h1-10,14-15H,11-12H2. The molecule has 4 rings (SSSR count). The number of nitrogens with zero attached hydrogens (tertiary/aromatic N) is 3. The molecule has 0 aliphatic heterocycles. The number of fused-ring (bicyclic) bond motifs is 1. The summed E-state index contributed by atoms with van der Waals surface area (Å²) >= 11 is 0. The monoisotopic (exact) mass is 369 g/mol. The molecule has 0 aliphatic rings. The van der Waals surface area contributed by atoms with Gasteiger partial charge < -0.3 is 4.40 Å². The van der Waals surface area contributed by atoms with E-state index in [9.17, 15) is 9.18 Å². The summed E-state index contributed by atoms with van der Waals surface area (Å²) in [4.78, 5) is 16.9. The fourth-order valence-corrected chi connectivity index (χ4v) is 3.33. The average Bonchev–Trinajstić information content (AvgIpc) is 3.19. The molecule has 4 aromatic rings. The highest BCUT2D eigenvalue weighted by Gasteiger charge is 2.16. The second kappa shape index (κ2) is 7.45. The zero-order valence-electron chi connectivity index (χ0n) is 15.0. The first-order chi connectivity index (χ1) is 13.7. The van der Waals surface area contributed by atoms with Gasteiger partial charge in [-0.3, -0.25) is 4.79 Å². The fraction of sp³-hybridized carbons (Fsp3) is 0.0870. The smallest absolute Gasteiger partial charge is 0.143 e. The number of imidazole rings is 1. The van der Waals surface area contributed by atoms with E-state index in [1.54, 1.807) is 55.0 Å². The molecule has 0 saturated carbocycles. The Morgan fingerprint density at radius 3 is 2.54 bits per heavy atom. The van der Waals surface area contributed by atoms with Crippen molar-refractivity contribution in [3.8, 4) is 17.2 Å². The molecule has 0 atom stereocenters. The quantitative estimate of drug-likeness (QED) is 0.525. The van der Waals surface area contributed by atoms with Crippen LogP contribution < -0.4 is 0 Å². The molecule has 0 radical (unpaired) electrons. The summed E-state index contributed by atoms with van der Waals surface area (Å²) in [6.07, 6.45) is 3.74. The molecule has 2 aromatic carbocycles. The molecule has 2 heterocycles. The highest BCUT2D eigenvalue weighted by Crippen LogP contribution is 2.28. The van der Waals surface area contributed by atoms with E-state index in [-0.39, 0.29) is 24.4 Å². The summed E-state index contributed by atoms with van der Waals surface area (Å²) in [6, 6.07) is 19.3. The van der Waals surface area contributed by atoms with Gasteiger partial charge in [-0.25, -0.2) is 9.37 Å². The normalized spacial score (nSPS) is 10.7. The van der Waals surface area contributed by atoms with Crippen LogP contribution in [0.4, 0.5) is 4.39 Å². The van der Waals surface area contributed by atoms with Crippen LogP contribution in [0.1, 0.15) is 16.8 Å². The number of rotatable bonds is 5. The number of ketones is 1. The van der Waals surface area contributed by atoms with Crippen molar-refractivity contribution in [2.24, 2.45) is 0 Å². The van der Waals surface area contributed by atoms with Gasteiger partial charge in [0.2, 0.25) is 0 Å². The van der Waals surface area contributed by atoms with Crippen LogP contribution >= 0.6 is 0 Å². The van der Waals surface area contributed by atoms with Crippen molar-refractivity contribution in [3.63, 3.8) is 0 Å². The highest BCUT2D eigenvalue weighted by molar-refractivity contribution is 5.85. The molecule has 0 N–H and O–H groups in total. The second-order valence-electron chi connectivity index (χ2n) is 6.56. The Labute approximate surface area is 161 Å². The van der Waals surface area contributed by atoms with Crippen molar-refractivity contribution >= 4 is 11.3 Å². The molecule has 136 valence electrons. The molecule has 2 aromatic heterocycles. The number of pyridine rings is 1. The molecule has 0 saturated heterocycles. The van der Waals surface area contributed by atoms with Gasteiger partial charge >= 0.3 is 0 Å². The van der Waals surface area contributed by atoms with Crippen LogP contribution in [0, 0.1) is 17.1 Å². The average molecular weight is 369 g/mol. The van der Waals surface area contributed by atoms with E-state index in [2.05, 4.69) is 11.1 Å². The van der Waals surface area contributed by atoms with Gasteiger partial charge in [0.1, 0.15) is 11.6 Å². The predicted octanol–water partition coefficient (Wildman–Crippen LogP) is 4.37. The third kappa shape index (κ3) is 3.40. The summed E-state index contributed by atoms with van der Waals surface area (Å²) in [5.74, 6) is -0.328. The van der Waals surface area contributed by atoms with Crippen LogP contribution in [-0.4, -0.2) is 15.2 Å². The van der Waals surface area contributed by atoms with Crippen LogP contribution in [0.25, 0.3) is 16.6 Å². The second-order valence-corrected chi connectivity index (χ2v) is 6.56.